The summed E-state index contributed by atoms with van der Waals surface area (Å²) in [6, 6.07) is 0. The molecule has 0 aromatic rings. The topological polar surface area (TPSA) is 117 Å². The number of rotatable bonds is 5. The summed E-state index contributed by atoms with van der Waals surface area (Å²) in [7, 11) is -3.51. The third-order valence-electron chi connectivity index (χ3n) is 3.08. The number of nitrogens with one attached hydrogen (secondary N) is 1. The first-order valence-corrected chi connectivity index (χ1v) is 9.04. The average molecular weight is 463 g/mol. The molecule has 3 N–H and O–H groups in total. The molecule has 1 rings (SSSR count). The first-order chi connectivity index (χ1) is 10.4. The Morgan fingerprint density at radius 3 is 2.26 bits per heavy atom. The molecule has 0 saturated carbocycles. The highest BCUT2D eigenvalue weighted by atomic mass is 127. The number of piperazine rings is 1. The van der Waals surface area contributed by atoms with Crippen LogP contribution in [0.5, 0.6) is 0 Å². The maximum absolute atomic E-state index is 11.6. The number of carbonyl (C=O) groups is 1. The molecule has 9 nitrogen and oxygen atoms in total. The predicted molar refractivity (Wildman–Crippen MR) is 99.5 cm³/mol. The first kappa shape index (κ1) is 22.2. The Hall–Kier alpha value is -0.820. The van der Waals surface area contributed by atoms with Crippen LogP contribution >= 0.6 is 24.0 Å². The Morgan fingerprint density at radius 1 is 1.22 bits per heavy atom. The molecule has 1 fully saturated rings. The zero-order valence-corrected chi connectivity index (χ0v) is 16.7. The largest absolute Gasteiger partial charge is 0.450 e. The number of sulfonamides is 1. The van der Waals surface area contributed by atoms with Crippen molar-refractivity contribution >= 4 is 46.1 Å². The molecule has 0 bridgehead atoms. The Labute approximate surface area is 154 Å². The van der Waals surface area contributed by atoms with Crippen molar-refractivity contribution in [2.45, 2.75) is 13.8 Å². The van der Waals surface area contributed by atoms with Gasteiger partial charge >= 0.3 is 6.09 Å². The van der Waals surface area contributed by atoms with Gasteiger partial charge in [0.1, 0.15) is 0 Å². The number of guanidine groups is 1. The molecule has 0 unspecified atom stereocenters. The quantitative estimate of drug-likeness (QED) is 0.327. The second kappa shape index (κ2) is 10.9. The second-order valence-electron chi connectivity index (χ2n) is 4.78. The molecule has 23 heavy (non-hydrogen) atoms. The van der Waals surface area contributed by atoms with Crippen molar-refractivity contribution in [2.75, 3.05) is 51.6 Å². The SMILES string of the molecule is CCNC(=NCCS(N)(=O)=O)N1CCN(C(=O)OCC)CC1.I. The lowest BCUT2D eigenvalue weighted by molar-refractivity contribution is 0.0914. The molecular formula is C12H26IN5O4S. The van der Waals surface area contributed by atoms with Crippen molar-refractivity contribution in [3.8, 4) is 0 Å². The molecule has 1 saturated heterocycles. The zero-order valence-electron chi connectivity index (χ0n) is 13.5. The summed E-state index contributed by atoms with van der Waals surface area (Å²) in [6.07, 6.45) is -0.307. The van der Waals surface area contributed by atoms with E-state index in [2.05, 4.69) is 10.3 Å². The number of hydrogen-bond acceptors (Lipinski definition) is 5. The van der Waals surface area contributed by atoms with E-state index in [-0.39, 0.29) is 42.4 Å². The van der Waals surface area contributed by atoms with Crippen LogP contribution < -0.4 is 10.5 Å². The third-order valence-corrected chi connectivity index (χ3v) is 3.83. The molecule has 0 spiro atoms. The molecule has 0 atom stereocenters. The summed E-state index contributed by atoms with van der Waals surface area (Å²) in [4.78, 5) is 19.5. The van der Waals surface area contributed by atoms with Gasteiger partial charge in [0.2, 0.25) is 10.0 Å². The predicted octanol–water partition coefficient (Wildman–Crippen LogP) is -0.367. The van der Waals surface area contributed by atoms with Gasteiger partial charge in [-0.1, -0.05) is 0 Å². The van der Waals surface area contributed by atoms with Crippen LogP contribution in [0, 0.1) is 0 Å². The lowest BCUT2D eigenvalue weighted by Gasteiger charge is -2.35. The molecule has 1 amide bonds. The zero-order chi connectivity index (χ0) is 16.6. The van der Waals surface area contributed by atoms with E-state index < -0.39 is 10.0 Å². The van der Waals surface area contributed by atoms with Gasteiger partial charge in [0, 0.05) is 32.7 Å². The number of aliphatic imine (C=N–C) groups is 1. The molecule has 136 valence electrons. The molecule has 1 aliphatic heterocycles. The van der Waals surface area contributed by atoms with Crippen molar-refractivity contribution in [3.63, 3.8) is 0 Å². The molecule has 1 aliphatic rings. The van der Waals surface area contributed by atoms with Crippen LogP contribution in [0.25, 0.3) is 0 Å². The summed E-state index contributed by atoms with van der Waals surface area (Å²) in [5, 5.41) is 8.08. The van der Waals surface area contributed by atoms with Crippen LogP contribution in [0.2, 0.25) is 0 Å². The molecule has 11 heteroatoms. The number of halogens is 1. The van der Waals surface area contributed by atoms with E-state index in [0.717, 1.165) is 0 Å². The molecule has 0 aromatic heterocycles. The van der Waals surface area contributed by atoms with Gasteiger partial charge in [-0.15, -0.1) is 24.0 Å². The van der Waals surface area contributed by atoms with Crippen LogP contribution in [0.1, 0.15) is 13.8 Å². The minimum atomic E-state index is -3.51. The van der Waals surface area contributed by atoms with Crippen molar-refractivity contribution in [3.05, 3.63) is 0 Å². The maximum atomic E-state index is 11.6. The van der Waals surface area contributed by atoms with Crippen LogP contribution in [-0.4, -0.2) is 81.9 Å². The number of ether oxygens (including phenoxy) is 1. The number of hydrogen-bond donors (Lipinski definition) is 2. The van der Waals surface area contributed by atoms with Crippen molar-refractivity contribution in [2.24, 2.45) is 10.1 Å². The van der Waals surface area contributed by atoms with Gasteiger partial charge in [0.15, 0.2) is 5.96 Å². The second-order valence-corrected chi connectivity index (χ2v) is 6.51. The summed E-state index contributed by atoms with van der Waals surface area (Å²) >= 11 is 0. The van der Waals surface area contributed by atoms with Gasteiger partial charge in [-0.3, -0.25) is 4.99 Å². The van der Waals surface area contributed by atoms with Crippen LogP contribution in [-0.2, 0) is 14.8 Å². The fraction of sp³-hybridized carbons (Fsp3) is 0.833. The number of nitrogens with zero attached hydrogens (tertiary/aromatic N) is 3. The monoisotopic (exact) mass is 463 g/mol. The van der Waals surface area contributed by atoms with E-state index in [4.69, 9.17) is 9.88 Å². The van der Waals surface area contributed by atoms with Crippen LogP contribution in [0.3, 0.4) is 0 Å². The minimum absolute atomic E-state index is 0. The van der Waals surface area contributed by atoms with Crippen molar-refractivity contribution in [1.29, 1.82) is 0 Å². The summed E-state index contributed by atoms with van der Waals surface area (Å²) < 4.78 is 26.9. The lowest BCUT2D eigenvalue weighted by atomic mass is 10.3. The highest BCUT2D eigenvalue weighted by Gasteiger charge is 2.23. The molecule has 1 heterocycles. The minimum Gasteiger partial charge on any atom is -0.450 e. The van der Waals surface area contributed by atoms with Crippen LogP contribution in [0.15, 0.2) is 4.99 Å². The Kier molecular flexibility index (Phi) is 10.5. The lowest BCUT2D eigenvalue weighted by Crippen LogP contribution is -2.54. The Bertz CT molecular complexity index is 492. The summed E-state index contributed by atoms with van der Waals surface area (Å²) in [6.45, 7) is 7.15. The number of nitrogens with two attached hydrogens (primary N) is 1. The van der Waals surface area contributed by atoms with E-state index in [9.17, 15) is 13.2 Å². The van der Waals surface area contributed by atoms with E-state index in [1.807, 2.05) is 11.8 Å². The van der Waals surface area contributed by atoms with Crippen molar-refractivity contribution in [1.82, 2.24) is 15.1 Å². The fourth-order valence-electron chi connectivity index (χ4n) is 2.02. The highest BCUT2D eigenvalue weighted by Crippen LogP contribution is 2.04. The number of amides is 1. The third kappa shape index (κ3) is 8.55. The molecule has 0 aromatic carbocycles. The molecular weight excluding hydrogens is 437 g/mol. The van der Waals surface area contributed by atoms with Gasteiger partial charge in [-0.05, 0) is 13.8 Å². The highest BCUT2D eigenvalue weighted by molar-refractivity contribution is 14.0. The number of primary sulfonamides is 1. The van der Waals surface area contributed by atoms with E-state index in [1.54, 1.807) is 11.8 Å². The Morgan fingerprint density at radius 2 is 1.78 bits per heavy atom. The van der Waals surface area contributed by atoms with Gasteiger partial charge in [-0.2, -0.15) is 0 Å². The normalized spacial score (nSPS) is 15.9. The fourth-order valence-corrected chi connectivity index (χ4v) is 2.37. The maximum Gasteiger partial charge on any atom is 0.409 e. The van der Waals surface area contributed by atoms with Gasteiger partial charge in [0.25, 0.3) is 0 Å². The Balaban J connectivity index is 0.00000484. The van der Waals surface area contributed by atoms with Gasteiger partial charge in [-0.25, -0.2) is 18.4 Å². The molecule has 0 radical (unpaired) electrons. The molecule has 0 aliphatic carbocycles. The van der Waals surface area contributed by atoms with E-state index >= 15 is 0 Å². The summed E-state index contributed by atoms with van der Waals surface area (Å²) in [5.41, 5.74) is 0. The average Bonchev–Trinajstić information content (AvgIpc) is 2.45. The van der Waals surface area contributed by atoms with Gasteiger partial charge in [0.05, 0.1) is 18.9 Å². The van der Waals surface area contributed by atoms with Crippen LogP contribution in [0.4, 0.5) is 4.79 Å². The first-order valence-electron chi connectivity index (χ1n) is 7.32. The summed E-state index contributed by atoms with van der Waals surface area (Å²) in [5.74, 6) is 0.444. The number of carbonyl (C=O) groups excluding carboxylic acids is 1. The standard InChI is InChI=1S/C12H25N5O4S.HI/c1-3-14-11(15-5-10-22(13,19)20)16-6-8-17(9-7-16)12(18)21-4-2;/h3-10H2,1-2H3,(H,14,15)(H2,13,19,20);1H. The smallest absolute Gasteiger partial charge is 0.409 e. The van der Waals surface area contributed by atoms with Crippen molar-refractivity contribution < 1.29 is 17.9 Å². The van der Waals surface area contributed by atoms with Gasteiger partial charge < -0.3 is 19.9 Å². The van der Waals surface area contributed by atoms with E-state index in [0.29, 0.717) is 45.3 Å². The van der Waals surface area contributed by atoms with E-state index in [1.165, 1.54) is 0 Å².